The molecule has 1 aromatic heterocycles. The van der Waals surface area contributed by atoms with Gasteiger partial charge in [-0.3, -0.25) is 9.36 Å². The van der Waals surface area contributed by atoms with Crippen LogP contribution in [0.15, 0.2) is 22.7 Å². The van der Waals surface area contributed by atoms with Gasteiger partial charge in [-0.25, -0.2) is 14.8 Å². The van der Waals surface area contributed by atoms with E-state index in [0.29, 0.717) is 0 Å². The molecular weight excluding hydrogens is 352 g/mol. The van der Waals surface area contributed by atoms with Crippen LogP contribution in [0.5, 0.6) is 0 Å². The maximum Gasteiger partial charge on any atom is 0.508 e. The van der Waals surface area contributed by atoms with Crippen molar-refractivity contribution < 1.29 is 24.1 Å². The molecular formula is C14H20N4O6S. The molecule has 0 aromatic carbocycles. The summed E-state index contributed by atoms with van der Waals surface area (Å²) in [6, 6.07) is 0. The topological polar surface area (TPSA) is 139 Å². The number of carbonyl (C=O) groups excluding carboxylic acids is 1. The van der Waals surface area contributed by atoms with Gasteiger partial charge in [-0.2, -0.15) is 0 Å². The molecule has 1 aliphatic heterocycles. The second kappa shape index (κ2) is 8.74. The first-order valence-corrected chi connectivity index (χ1v) is 8.43. The van der Waals surface area contributed by atoms with Crippen LogP contribution in [-0.2, 0) is 14.2 Å². The molecule has 0 aliphatic carbocycles. The summed E-state index contributed by atoms with van der Waals surface area (Å²) >= 11 is 0.841. The average Bonchev–Trinajstić information content (AvgIpc) is 2.95. The van der Waals surface area contributed by atoms with Crippen LogP contribution < -0.4 is 10.6 Å². The molecule has 3 atom stereocenters. The van der Waals surface area contributed by atoms with E-state index in [-0.39, 0.29) is 25.1 Å². The van der Waals surface area contributed by atoms with Gasteiger partial charge in [-0.1, -0.05) is 11.3 Å². The van der Waals surface area contributed by atoms with Crippen molar-refractivity contribution in [2.24, 2.45) is 0 Å². The van der Waals surface area contributed by atoms with Crippen LogP contribution >= 0.6 is 11.3 Å². The SMILES string of the molecule is CC(C)OC(=O)O[C@@H]1C[C@@H](CO)O[C@H]1n1cnc(N)nccsc1=O. The summed E-state index contributed by atoms with van der Waals surface area (Å²) in [5.74, 6) is -0.0510. The van der Waals surface area contributed by atoms with Gasteiger partial charge in [0.2, 0.25) is 5.95 Å². The summed E-state index contributed by atoms with van der Waals surface area (Å²) in [7, 11) is 0. The van der Waals surface area contributed by atoms with Gasteiger partial charge in [-0.15, -0.1) is 0 Å². The van der Waals surface area contributed by atoms with Gasteiger partial charge in [0.15, 0.2) is 12.3 Å². The zero-order valence-corrected chi connectivity index (χ0v) is 14.6. The zero-order chi connectivity index (χ0) is 18.4. The van der Waals surface area contributed by atoms with E-state index in [0.717, 1.165) is 22.2 Å². The quantitative estimate of drug-likeness (QED) is 0.728. The molecule has 0 bridgehead atoms. The van der Waals surface area contributed by atoms with E-state index >= 15 is 0 Å². The predicted molar refractivity (Wildman–Crippen MR) is 88.3 cm³/mol. The summed E-state index contributed by atoms with van der Waals surface area (Å²) in [4.78, 5) is 31.4. The van der Waals surface area contributed by atoms with Gasteiger partial charge < -0.3 is 25.1 Å². The summed E-state index contributed by atoms with van der Waals surface area (Å²) in [5.41, 5.74) is 5.57. The van der Waals surface area contributed by atoms with Crippen LogP contribution in [0.4, 0.5) is 10.7 Å². The Kier molecular flexibility index (Phi) is 6.67. The van der Waals surface area contributed by atoms with Crippen molar-refractivity contribution in [1.82, 2.24) is 14.5 Å². The number of hydrogen-bond acceptors (Lipinski definition) is 10. The number of aliphatic hydroxyl groups is 1. The Labute approximate surface area is 147 Å². The fourth-order valence-electron chi connectivity index (χ4n) is 2.16. The standard InChI is InChI=1S/C14H20N4O6S/c1-8(2)22-14(21)24-10-5-9(6-19)23-11(10)18-7-17-12(15)16-3-4-25-13(18)20/h3-4,7-11,19H,5-6H2,1-2H3,(H2,15,16)/t9-,10+,11+/m0/s1. The minimum absolute atomic E-state index is 0.0510. The van der Waals surface area contributed by atoms with Crippen LogP contribution in [0.1, 0.15) is 26.5 Å². The molecule has 0 radical (unpaired) electrons. The lowest BCUT2D eigenvalue weighted by Gasteiger charge is -2.20. The summed E-state index contributed by atoms with van der Waals surface area (Å²) in [6.45, 7) is 3.08. The summed E-state index contributed by atoms with van der Waals surface area (Å²) in [6.07, 6.45) is -0.921. The van der Waals surface area contributed by atoms with Crippen molar-refractivity contribution in [2.75, 3.05) is 12.3 Å². The highest BCUT2D eigenvalue weighted by atomic mass is 32.1. The van der Waals surface area contributed by atoms with E-state index < -0.39 is 29.5 Å². The Hall–Kier alpha value is -2.24. The minimum atomic E-state index is -0.972. The number of aliphatic hydroxyl groups excluding tert-OH is 1. The maximum atomic E-state index is 12.4. The van der Waals surface area contributed by atoms with E-state index in [1.54, 1.807) is 13.8 Å². The van der Waals surface area contributed by atoms with E-state index in [4.69, 9.17) is 19.9 Å². The molecule has 138 valence electrons. The molecule has 0 amide bonds. The van der Waals surface area contributed by atoms with E-state index in [1.165, 1.54) is 11.6 Å². The second-order valence-corrected chi connectivity index (χ2v) is 6.30. The minimum Gasteiger partial charge on any atom is -0.432 e. The molecule has 1 aliphatic rings. The molecule has 1 fully saturated rings. The summed E-state index contributed by atoms with van der Waals surface area (Å²) < 4.78 is 17.0. The highest BCUT2D eigenvalue weighted by Crippen LogP contribution is 2.30. The largest absolute Gasteiger partial charge is 0.508 e. The second-order valence-electron chi connectivity index (χ2n) is 5.45. The smallest absolute Gasteiger partial charge is 0.432 e. The number of hydrogen-bond donors (Lipinski definition) is 2. The molecule has 2 rings (SSSR count). The third kappa shape index (κ3) is 5.37. The number of nitrogens with zero attached hydrogens (tertiary/aromatic N) is 3. The first-order valence-electron chi connectivity index (χ1n) is 7.55. The van der Waals surface area contributed by atoms with Gasteiger partial charge >= 0.3 is 11.0 Å². The molecule has 3 N–H and O–H groups in total. The van der Waals surface area contributed by atoms with Gasteiger partial charge in [0.1, 0.15) is 6.33 Å². The first kappa shape index (κ1) is 19.1. The lowest BCUT2D eigenvalue weighted by molar-refractivity contribution is -0.0687. The third-order valence-electron chi connectivity index (χ3n) is 3.16. The number of rotatable bonds is 4. The number of ether oxygens (including phenoxy) is 3. The van der Waals surface area contributed by atoms with E-state index in [2.05, 4.69) is 9.97 Å². The third-order valence-corrected chi connectivity index (χ3v) is 3.83. The van der Waals surface area contributed by atoms with Gasteiger partial charge in [-0.05, 0) is 13.8 Å². The number of nitrogen functional groups attached to an aromatic ring is 1. The van der Waals surface area contributed by atoms with Crippen molar-refractivity contribution in [3.63, 3.8) is 0 Å². The molecule has 0 saturated carbocycles. The average molecular weight is 372 g/mol. The Morgan fingerprint density at radius 1 is 1.56 bits per heavy atom. The molecule has 10 nitrogen and oxygen atoms in total. The number of nitrogens with two attached hydrogens (primary N) is 1. The van der Waals surface area contributed by atoms with E-state index in [9.17, 15) is 14.7 Å². The fourth-order valence-corrected chi connectivity index (χ4v) is 2.67. The van der Waals surface area contributed by atoms with Crippen molar-refractivity contribution in [3.8, 4) is 0 Å². The molecule has 2 heterocycles. The van der Waals surface area contributed by atoms with Crippen molar-refractivity contribution >= 4 is 23.4 Å². The lowest BCUT2D eigenvalue weighted by Crippen LogP contribution is -2.31. The van der Waals surface area contributed by atoms with Gasteiger partial charge in [0, 0.05) is 18.0 Å². The first-order chi connectivity index (χ1) is 11.9. The molecule has 1 saturated heterocycles. The van der Waals surface area contributed by atoms with E-state index in [1.807, 2.05) is 0 Å². The molecule has 25 heavy (non-hydrogen) atoms. The van der Waals surface area contributed by atoms with Crippen molar-refractivity contribution in [3.05, 3.63) is 27.6 Å². The van der Waals surface area contributed by atoms with Crippen LogP contribution in [0, 0.1) is 0 Å². The Morgan fingerprint density at radius 3 is 3.00 bits per heavy atom. The van der Waals surface area contributed by atoms with Crippen LogP contribution in [0.2, 0.25) is 0 Å². The Morgan fingerprint density at radius 2 is 2.32 bits per heavy atom. The summed E-state index contributed by atoms with van der Waals surface area (Å²) in [5, 5.41) is 10.8. The molecule has 11 heteroatoms. The zero-order valence-electron chi connectivity index (χ0n) is 13.8. The monoisotopic (exact) mass is 372 g/mol. The fraction of sp³-hybridized carbons (Fsp3) is 0.571. The Balaban J connectivity index is 2.35. The lowest BCUT2D eigenvalue weighted by atomic mass is 10.2. The highest BCUT2D eigenvalue weighted by molar-refractivity contribution is 7.06. The highest BCUT2D eigenvalue weighted by Gasteiger charge is 2.40. The molecule has 0 spiro atoms. The van der Waals surface area contributed by atoms with Gasteiger partial charge in [0.25, 0.3) is 0 Å². The van der Waals surface area contributed by atoms with Crippen molar-refractivity contribution in [1.29, 1.82) is 0 Å². The number of anilines is 1. The molecule has 0 unspecified atom stereocenters. The normalized spacial score (nSPS) is 22.5. The molecule has 1 aromatic rings. The van der Waals surface area contributed by atoms with Crippen LogP contribution in [0.3, 0.4) is 0 Å². The van der Waals surface area contributed by atoms with Crippen molar-refractivity contribution in [2.45, 2.75) is 44.8 Å². The van der Waals surface area contributed by atoms with Crippen LogP contribution in [-0.4, -0.2) is 50.7 Å². The Bertz CT molecular complexity index is 705. The maximum absolute atomic E-state index is 12.4. The van der Waals surface area contributed by atoms with Crippen LogP contribution in [0.25, 0.3) is 0 Å². The number of carbonyl (C=O) groups is 1. The van der Waals surface area contributed by atoms with Gasteiger partial charge in [0.05, 0.1) is 18.8 Å². The predicted octanol–water partition coefficient (Wildman–Crippen LogP) is 0.616. The number of aromatic nitrogens is 3.